The molecule has 5 nitrogen and oxygen atoms in total. The molecule has 0 saturated carbocycles. The normalized spacial score (nSPS) is 17.2. The lowest BCUT2D eigenvalue weighted by Gasteiger charge is -2.28. The lowest BCUT2D eigenvalue weighted by atomic mass is 9.92. The molecule has 3 rings (SSSR count). The van der Waals surface area contributed by atoms with Gasteiger partial charge in [0.25, 0.3) is 0 Å². The van der Waals surface area contributed by atoms with Crippen LogP contribution in [-0.2, 0) is 13.0 Å². The van der Waals surface area contributed by atoms with Crippen molar-refractivity contribution in [2.45, 2.75) is 32.7 Å². The summed E-state index contributed by atoms with van der Waals surface area (Å²) in [6, 6.07) is 0. The minimum atomic E-state index is 0.754. The first kappa shape index (κ1) is 14.2. The molecule has 3 heterocycles. The van der Waals surface area contributed by atoms with E-state index in [1.807, 2.05) is 29.5 Å². The van der Waals surface area contributed by atoms with Crippen LogP contribution in [0.15, 0.2) is 24.8 Å². The van der Waals surface area contributed by atoms with Gasteiger partial charge in [0, 0.05) is 24.5 Å². The largest absolute Gasteiger partial charge is 0.306 e. The molecule has 1 saturated heterocycles. The molecule has 0 atom stereocenters. The van der Waals surface area contributed by atoms with E-state index >= 15 is 0 Å². The number of aryl methyl sites for hydroxylation is 1. The molecular formula is C16H23N5. The van der Waals surface area contributed by atoms with Crippen molar-refractivity contribution in [1.29, 1.82) is 0 Å². The first-order valence-electron chi connectivity index (χ1n) is 7.77. The summed E-state index contributed by atoms with van der Waals surface area (Å²) in [7, 11) is 2.20. The van der Waals surface area contributed by atoms with E-state index in [4.69, 9.17) is 0 Å². The molecule has 2 aromatic rings. The van der Waals surface area contributed by atoms with Gasteiger partial charge in [-0.1, -0.05) is 0 Å². The second-order valence-corrected chi connectivity index (χ2v) is 5.93. The second kappa shape index (κ2) is 6.35. The second-order valence-electron chi connectivity index (χ2n) is 5.93. The molecule has 112 valence electrons. The van der Waals surface area contributed by atoms with Crippen molar-refractivity contribution in [2.24, 2.45) is 5.92 Å². The molecular weight excluding hydrogens is 262 g/mol. The van der Waals surface area contributed by atoms with Crippen LogP contribution in [0.4, 0.5) is 0 Å². The SMILES string of the molecule is CCn1cc(-c2cnc(CC3CCN(C)CC3)cn2)cn1. The van der Waals surface area contributed by atoms with Crippen LogP contribution in [0.5, 0.6) is 0 Å². The molecule has 0 aliphatic carbocycles. The van der Waals surface area contributed by atoms with Crippen LogP contribution in [0.3, 0.4) is 0 Å². The Morgan fingerprint density at radius 2 is 1.95 bits per heavy atom. The van der Waals surface area contributed by atoms with Crippen molar-refractivity contribution in [1.82, 2.24) is 24.6 Å². The maximum Gasteiger partial charge on any atom is 0.0916 e. The fourth-order valence-electron chi connectivity index (χ4n) is 2.84. The molecule has 1 aliphatic heterocycles. The van der Waals surface area contributed by atoms with Crippen LogP contribution in [0.25, 0.3) is 11.3 Å². The van der Waals surface area contributed by atoms with Gasteiger partial charge in [-0.2, -0.15) is 5.10 Å². The Balaban J connectivity index is 1.64. The van der Waals surface area contributed by atoms with Crippen LogP contribution in [0.2, 0.25) is 0 Å². The predicted octanol–water partition coefficient (Wildman–Crippen LogP) is 2.24. The summed E-state index contributed by atoms with van der Waals surface area (Å²) in [6.45, 7) is 5.35. The Hall–Kier alpha value is -1.75. The van der Waals surface area contributed by atoms with Gasteiger partial charge in [0.05, 0.1) is 23.8 Å². The van der Waals surface area contributed by atoms with Gasteiger partial charge in [-0.3, -0.25) is 14.6 Å². The van der Waals surface area contributed by atoms with E-state index in [1.165, 1.54) is 25.9 Å². The zero-order chi connectivity index (χ0) is 14.7. The maximum atomic E-state index is 4.59. The van der Waals surface area contributed by atoms with Crippen LogP contribution in [0, 0.1) is 5.92 Å². The highest BCUT2D eigenvalue weighted by Gasteiger charge is 2.17. The topological polar surface area (TPSA) is 46.8 Å². The van der Waals surface area contributed by atoms with E-state index in [1.54, 1.807) is 0 Å². The summed E-state index contributed by atoms with van der Waals surface area (Å²) in [4.78, 5) is 11.5. The Bertz CT molecular complexity index is 567. The van der Waals surface area contributed by atoms with Crippen LogP contribution >= 0.6 is 0 Å². The molecule has 0 radical (unpaired) electrons. The number of rotatable bonds is 4. The Morgan fingerprint density at radius 1 is 1.14 bits per heavy atom. The summed E-state index contributed by atoms with van der Waals surface area (Å²) in [5.74, 6) is 0.754. The van der Waals surface area contributed by atoms with Crippen molar-refractivity contribution in [2.75, 3.05) is 20.1 Å². The fraction of sp³-hybridized carbons (Fsp3) is 0.562. The van der Waals surface area contributed by atoms with Gasteiger partial charge >= 0.3 is 0 Å². The molecule has 1 aliphatic rings. The third kappa shape index (κ3) is 3.47. The average Bonchev–Trinajstić information content (AvgIpc) is 2.99. The third-order valence-electron chi connectivity index (χ3n) is 4.29. The van der Waals surface area contributed by atoms with E-state index in [9.17, 15) is 0 Å². The summed E-state index contributed by atoms with van der Waals surface area (Å²) in [6.07, 6.45) is 11.3. The minimum absolute atomic E-state index is 0.754. The summed E-state index contributed by atoms with van der Waals surface area (Å²) >= 11 is 0. The minimum Gasteiger partial charge on any atom is -0.306 e. The molecule has 5 heteroatoms. The smallest absolute Gasteiger partial charge is 0.0916 e. The molecule has 0 unspecified atom stereocenters. The van der Waals surface area contributed by atoms with Gasteiger partial charge in [-0.25, -0.2) is 0 Å². The molecule has 0 N–H and O–H groups in total. The molecule has 0 bridgehead atoms. The van der Waals surface area contributed by atoms with Crippen molar-refractivity contribution >= 4 is 0 Å². The van der Waals surface area contributed by atoms with Crippen LogP contribution < -0.4 is 0 Å². The molecule has 1 fully saturated rings. The number of likely N-dealkylation sites (tertiary alicyclic amines) is 1. The first-order valence-corrected chi connectivity index (χ1v) is 7.77. The van der Waals surface area contributed by atoms with Gasteiger partial charge in [-0.05, 0) is 52.2 Å². The monoisotopic (exact) mass is 285 g/mol. The molecule has 0 aromatic carbocycles. The molecule has 0 spiro atoms. The van der Waals surface area contributed by atoms with Gasteiger partial charge in [-0.15, -0.1) is 0 Å². The maximum absolute atomic E-state index is 4.59. The van der Waals surface area contributed by atoms with Crippen molar-refractivity contribution in [3.8, 4) is 11.3 Å². The lowest BCUT2D eigenvalue weighted by molar-refractivity contribution is 0.218. The number of hydrogen-bond donors (Lipinski definition) is 0. The number of nitrogens with zero attached hydrogens (tertiary/aromatic N) is 5. The van der Waals surface area contributed by atoms with Crippen molar-refractivity contribution in [3.63, 3.8) is 0 Å². The van der Waals surface area contributed by atoms with E-state index in [2.05, 4.69) is 33.9 Å². The highest BCUT2D eigenvalue weighted by Crippen LogP contribution is 2.21. The van der Waals surface area contributed by atoms with Gasteiger partial charge < -0.3 is 4.90 Å². The zero-order valence-corrected chi connectivity index (χ0v) is 12.9. The summed E-state index contributed by atoms with van der Waals surface area (Å²) < 4.78 is 1.91. The van der Waals surface area contributed by atoms with E-state index in [0.717, 1.165) is 35.8 Å². The van der Waals surface area contributed by atoms with Crippen LogP contribution in [0.1, 0.15) is 25.5 Å². The quantitative estimate of drug-likeness (QED) is 0.864. The highest BCUT2D eigenvalue weighted by molar-refractivity contribution is 5.55. The molecule has 21 heavy (non-hydrogen) atoms. The highest BCUT2D eigenvalue weighted by atomic mass is 15.3. The average molecular weight is 285 g/mol. The Morgan fingerprint density at radius 3 is 2.57 bits per heavy atom. The summed E-state index contributed by atoms with van der Waals surface area (Å²) in [5, 5.41) is 4.28. The number of aromatic nitrogens is 4. The van der Waals surface area contributed by atoms with Crippen molar-refractivity contribution in [3.05, 3.63) is 30.5 Å². The number of piperidine rings is 1. The fourth-order valence-corrected chi connectivity index (χ4v) is 2.84. The molecule has 2 aromatic heterocycles. The Labute approximate surface area is 126 Å². The van der Waals surface area contributed by atoms with Gasteiger partial charge in [0.1, 0.15) is 0 Å². The Kier molecular flexibility index (Phi) is 4.29. The van der Waals surface area contributed by atoms with E-state index in [0.29, 0.717) is 0 Å². The van der Waals surface area contributed by atoms with Crippen molar-refractivity contribution < 1.29 is 0 Å². The van der Waals surface area contributed by atoms with Crippen LogP contribution in [-0.4, -0.2) is 44.8 Å². The van der Waals surface area contributed by atoms with E-state index < -0.39 is 0 Å². The lowest BCUT2D eigenvalue weighted by Crippen LogP contribution is -2.31. The third-order valence-corrected chi connectivity index (χ3v) is 4.29. The predicted molar refractivity (Wildman–Crippen MR) is 82.9 cm³/mol. The zero-order valence-electron chi connectivity index (χ0n) is 12.9. The standard InChI is InChI=1S/C16H23N5/c1-3-21-12-14(9-19-21)16-11-17-15(10-18-16)8-13-4-6-20(2)7-5-13/h9-13H,3-8H2,1-2H3. The summed E-state index contributed by atoms with van der Waals surface area (Å²) in [5.41, 5.74) is 3.05. The molecule has 0 amide bonds. The van der Waals surface area contributed by atoms with Gasteiger partial charge in [0.15, 0.2) is 0 Å². The number of hydrogen-bond acceptors (Lipinski definition) is 4. The van der Waals surface area contributed by atoms with Gasteiger partial charge in [0.2, 0.25) is 0 Å². The van der Waals surface area contributed by atoms with E-state index in [-0.39, 0.29) is 0 Å². The first-order chi connectivity index (χ1) is 10.2.